The average molecular weight is 282 g/mol. The van der Waals surface area contributed by atoms with Gasteiger partial charge in [0, 0.05) is 11.7 Å². The van der Waals surface area contributed by atoms with E-state index >= 15 is 0 Å². The van der Waals surface area contributed by atoms with Gasteiger partial charge in [-0.1, -0.05) is 20.3 Å². The third-order valence-corrected chi connectivity index (χ3v) is 3.12. The van der Waals surface area contributed by atoms with Crippen molar-refractivity contribution in [2.75, 3.05) is 17.7 Å². The molecule has 1 rings (SSSR count). The van der Waals surface area contributed by atoms with Crippen LogP contribution in [0, 0.1) is 5.82 Å². The van der Waals surface area contributed by atoms with Crippen LogP contribution in [0.25, 0.3) is 0 Å². The quantitative estimate of drug-likeness (QED) is 0.592. The summed E-state index contributed by atoms with van der Waals surface area (Å²) < 4.78 is 18.8. The fourth-order valence-electron chi connectivity index (χ4n) is 2.03. The highest BCUT2D eigenvalue weighted by molar-refractivity contribution is 5.96. The van der Waals surface area contributed by atoms with Crippen LogP contribution in [0.4, 0.5) is 15.8 Å². The molecule has 20 heavy (non-hydrogen) atoms. The van der Waals surface area contributed by atoms with Gasteiger partial charge in [-0.25, -0.2) is 9.18 Å². The van der Waals surface area contributed by atoms with Crippen molar-refractivity contribution in [3.8, 4) is 0 Å². The van der Waals surface area contributed by atoms with E-state index in [0.29, 0.717) is 5.69 Å². The second-order valence-electron chi connectivity index (χ2n) is 4.68. The molecule has 0 aliphatic heterocycles. The maximum atomic E-state index is 13.9. The Kier molecular flexibility index (Phi) is 6.28. The Bertz CT molecular complexity index is 463. The van der Waals surface area contributed by atoms with Gasteiger partial charge in [0.2, 0.25) is 0 Å². The van der Waals surface area contributed by atoms with Gasteiger partial charge in [0.25, 0.3) is 0 Å². The number of hydrogen-bond donors (Lipinski definition) is 2. The number of nitrogens with two attached hydrogens (primary N) is 1. The van der Waals surface area contributed by atoms with Crippen LogP contribution in [0.15, 0.2) is 12.1 Å². The number of esters is 1. The van der Waals surface area contributed by atoms with Crippen LogP contribution in [-0.4, -0.2) is 18.6 Å². The molecule has 0 aliphatic carbocycles. The van der Waals surface area contributed by atoms with Crippen molar-refractivity contribution in [2.45, 2.75) is 46.1 Å². The summed E-state index contributed by atoms with van der Waals surface area (Å²) in [4.78, 5) is 11.8. The number of hydrogen-bond acceptors (Lipinski definition) is 4. The maximum Gasteiger partial charge on any atom is 0.340 e. The van der Waals surface area contributed by atoms with Crippen LogP contribution in [0.3, 0.4) is 0 Å². The molecule has 3 N–H and O–H groups in total. The van der Waals surface area contributed by atoms with Gasteiger partial charge in [0.15, 0.2) is 0 Å². The van der Waals surface area contributed by atoms with Crippen molar-refractivity contribution in [3.63, 3.8) is 0 Å². The summed E-state index contributed by atoms with van der Waals surface area (Å²) in [6.45, 7) is 6.08. The van der Waals surface area contributed by atoms with Crippen LogP contribution in [-0.2, 0) is 4.74 Å². The number of ether oxygens (including phenoxy) is 1. The van der Waals surface area contributed by atoms with Crippen LogP contribution < -0.4 is 11.1 Å². The lowest BCUT2D eigenvalue weighted by Gasteiger charge is -2.19. The van der Waals surface area contributed by atoms with Crippen LogP contribution >= 0.6 is 0 Å². The summed E-state index contributed by atoms with van der Waals surface area (Å²) in [5.41, 5.74) is 6.26. The molecule has 0 aliphatic rings. The van der Waals surface area contributed by atoms with Crippen molar-refractivity contribution < 1.29 is 13.9 Å². The van der Waals surface area contributed by atoms with E-state index < -0.39 is 11.8 Å². The van der Waals surface area contributed by atoms with E-state index in [1.165, 1.54) is 6.07 Å². The predicted octanol–water partition coefficient (Wildman–Crippen LogP) is 3.58. The fraction of sp³-hybridized carbons (Fsp3) is 0.533. The van der Waals surface area contributed by atoms with Gasteiger partial charge in [-0.15, -0.1) is 0 Å². The fourth-order valence-corrected chi connectivity index (χ4v) is 2.03. The van der Waals surface area contributed by atoms with E-state index in [2.05, 4.69) is 12.2 Å². The Balaban J connectivity index is 3.01. The van der Waals surface area contributed by atoms with Crippen LogP contribution in [0.1, 0.15) is 50.4 Å². The Labute approximate surface area is 119 Å². The summed E-state index contributed by atoms with van der Waals surface area (Å²) in [6, 6.07) is 2.77. The number of anilines is 2. The van der Waals surface area contributed by atoms with Gasteiger partial charge in [0.1, 0.15) is 5.82 Å². The predicted molar refractivity (Wildman–Crippen MR) is 79.4 cm³/mol. The average Bonchev–Trinajstić information content (AvgIpc) is 2.41. The summed E-state index contributed by atoms with van der Waals surface area (Å²) in [5.74, 6) is -0.985. The van der Waals surface area contributed by atoms with Crippen molar-refractivity contribution >= 4 is 17.3 Å². The van der Waals surface area contributed by atoms with Crippen LogP contribution in [0.5, 0.6) is 0 Å². The minimum absolute atomic E-state index is 0.0926. The molecular formula is C15H23FN2O2. The minimum Gasteiger partial charge on any atom is -0.462 e. The highest BCUT2D eigenvalue weighted by Crippen LogP contribution is 2.24. The largest absolute Gasteiger partial charge is 0.462 e. The van der Waals surface area contributed by atoms with Gasteiger partial charge < -0.3 is 15.8 Å². The van der Waals surface area contributed by atoms with Crippen molar-refractivity contribution in [3.05, 3.63) is 23.5 Å². The summed E-state index contributed by atoms with van der Waals surface area (Å²) in [6.07, 6.45) is 2.83. The first kappa shape index (κ1) is 16.3. The Morgan fingerprint density at radius 2 is 2.10 bits per heavy atom. The van der Waals surface area contributed by atoms with E-state index in [1.807, 2.05) is 6.92 Å². The monoisotopic (exact) mass is 282 g/mol. The zero-order valence-corrected chi connectivity index (χ0v) is 12.3. The zero-order valence-electron chi connectivity index (χ0n) is 12.3. The van der Waals surface area contributed by atoms with E-state index in [1.54, 1.807) is 6.92 Å². The first-order valence-corrected chi connectivity index (χ1v) is 7.06. The Morgan fingerprint density at radius 3 is 2.65 bits per heavy atom. The van der Waals surface area contributed by atoms with Crippen molar-refractivity contribution in [1.82, 2.24) is 0 Å². The molecule has 0 fully saturated rings. The van der Waals surface area contributed by atoms with Gasteiger partial charge in [-0.3, -0.25) is 0 Å². The van der Waals surface area contributed by atoms with Crippen molar-refractivity contribution in [1.29, 1.82) is 0 Å². The molecular weight excluding hydrogens is 259 g/mol. The molecule has 0 saturated heterocycles. The molecule has 0 amide bonds. The number of carbonyl (C=O) groups excluding carboxylic acids is 1. The topological polar surface area (TPSA) is 64.3 Å². The molecule has 0 spiro atoms. The highest BCUT2D eigenvalue weighted by Gasteiger charge is 2.16. The molecule has 1 unspecified atom stereocenters. The maximum absolute atomic E-state index is 13.9. The molecule has 1 aromatic carbocycles. The lowest BCUT2D eigenvalue weighted by Crippen LogP contribution is -2.19. The third kappa shape index (κ3) is 4.11. The summed E-state index contributed by atoms with van der Waals surface area (Å²) in [5, 5.41) is 3.12. The Hall–Kier alpha value is -1.78. The molecule has 5 heteroatoms. The highest BCUT2D eigenvalue weighted by atomic mass is 19.1. The molecule has 0 bridgehead atoms. The lowest BCUT2D eigenvalue weighted by atomic mass is 10.1. The molecule has 1 atom stereocenters. The van der Waals surface area contributed by atoms with Gasteiger partial charge in [-0.05, 0) is 31.9 Å². The van der Waals surface area contributed by atoms with Gasteiger partial charge in [0.05, 0.1) is 17.9 Å². The molecule has 0 radical (unpaired) electrons. The Morgan fingerprint density at radius 1 is 1.40 bits per heavy atom. The van der Waals surface area contributed by atoms with E-state index in [9.17, 15) is 9.18 Å². The second-order valence-corrected chi connectivity index (χ2v) is 4.68. The SMILES string of the molecule is CCCC(CC)Nc1cc(C(=O)OCC)c(N)cc1F. The summed E-state index contributed by atoms with van der Waals surface area (Å²) >= 11 is 0. The third-order valence-electron chi connectivity index (χ3n) is 3.12. The number of nitrogens with one attached hydrogen (secondary N) is 1. The summed E-state index contributed by atoms with van der Waals surface area (Å²) in [7, 11) is 0. The van der Waals surface area contributed by atoms with E-state index in [-0.39, 0.29) is 23.9 Å². The first-order chi connectivity index (χ1) is 9.53. The van der Waals surface area contributed by atoms with E-state index in [4.69, 9.17) is 10.5 Å². The smallest absolute Gasteiger partial charge is 0.340 e. The first-order valence-electron chi connectivity index (χ1n) is 7.06. The normalized spacial score (nSPS) is 12.0. The second kappa shape index (κ2) is 7.72. The van der Waals surface area contributed by atoms with Crippen molar-refractivity contribution in [2.24, 2.45) is 0 Å². The van der Waals surface area contributed by atoms with Gasteiger partial charge >= 0.3 is 5.97 Å². The number of halogens is 1. The molecule has 0 saturated carbocycles. The number of nitrogen functional groups attached to an aromatic ring is 1. The van der Waals surface area contributed by atoms with Gasteiger partial charge in [-0.2, -0.15) is 0 Å². The number of benzene rings is 1. The lowest BCUT2D eigenvalue weighted by molar-refractivity contribution is 0.0527. The molecule has 4 nitrogen and oxygen atoms in total. The molecule has 112 valence electrons. The molecule has 0 heterocycles. The minimum atomic E-state index is -0.531. The number of rotatable bonds is 7. The van der Waals surface area contributed by atoms with Crippen LogP contribution in [0.2, 0.25) is 0 Å². The number of carbonyl (C=O) groups is 1. The molecule has 0 aromatic heterocycles. The molecule has 1 aromatic rings. The standard InChI is InChI=1S/C15H23FN2O2/c1-4-7-10(5-2)18-14-8-11(15(19)20-6-3)13(17)9-12(14)16/h8-10,18H,4-7,17H2,1-3H3. The van der Waals surface area contributed by atoms with E-state index in [0.717, 1.165) is 25.3 Å². The zero-order chi connectivity index (χ0) is 15.1.